The Kier molecular flexibility index (Phi) is 3.88. The minimum absolute atomic E-state index is 0.215. The van der Waals surface area contributed by atoms with Crippen molar-refractivity contribution in [3.05, 3.63) is 24.2 Å². The van der Waals surface area contributed by atoms with E-state index < -0.39 is 75.6 Å². The highest BCUT2D eigenvalue weighted by molar-refractivity contribution is 5.92. The lowest BCUT2D eigenvalue weighted by molar-refractivity contribution is -0.268. The number of aliphatic hydroxyl groups is 1. The second kappa shape index (κ2) is 6.18. The highest BCUT2D eigenvalue weighted by atomic mass is 16.7. The number of ether oxygens (including phenoxy) is 4. The summed E-state index contributed by atoms with van der Waals surface area (Å²) in [6, 6.07) is 1.76. The van der Waals surface area contributed by atoms with Crippen LogP contribution in [0.25, 0.3) is 0 Å². The monoisotopic (exact) mass is 486 g/mol. The first-order chi connectivity index (χ1) is 16.4. The zero-order chi connectivity index (χ0) is 24.8. The molecule has 9 nitrogen and oxygen atoms in total. The van der Waals surface area contributed by atoms with Gasteiger partial charge in [0, 0.05) is 28.7 Å². The molecule has 2 aliphatic carbocycles. The van der Waals surface area contributed by atoms with Gasteiger partial charge in [0.2, 0.25) is 0 Å². The van der Waals surface area contributed by atoms with Gasteiger partial charge in [-0.25, -0.2) is 4.79 Å². The minimum atomic E-state index is -1.43. The first-order valence-electron chi connectivity index (χ1n) is 12.5. The molecule has 10 atom stereocenters. The molecule has 188 valence electrons. The van der Waals surface area contributed by atoms with Crippen LogP contribution in [0.4, 0.5) is 0 Å². The van der Waals surface area contributed by atoms with Gasteiger partial charge in [-0.2, -0.15) is 0 Å². The standard InChI is InChI=1S/C26H30O9/c1-22(2)17-16(28)18(29)24(4)13(25(17)14(33-22)5-6-15(27)34-25)7-9-23(3)19(12-8-10-31-11-12)32-21(30)20-26(23,24)35-20/h8,10-11,13-14,17-20,29H,5-7,9H2,1-4H3/t13-,14+,17-,18+,19+,20-,23+,24-,25-,26-/m0/s1. The van der Waals surface area contributed by atoms with Crippen molar-refractivity contribution >= 4 is 17.7 Å². The van der Waals surface area contributed by atoms with E-state index >= 15 is 0 Å². The maximum Gasteiger partial charge on any atom is 0.339 e. The van der Waals surface area contributed by atoms with Crippen molar-refractivity contribution in [1.82, 2.24) is 0 Å². The molecule has 0 radical (unpaired) electrons. The third-order valence-corrected chi connectivity index (χ3v) is 10.5. The average molecular weight is 487 g/mol. The van der Waals surface area contributed by atoms with Gasteiger partial charge in [0.1, 0.15) is 17.8 Å². The van der Waals surface area contributed by atoms with E-state index in [1.54, 1.807) is 12.3 Å². The smallest absolute Gasteiger partial charge is 0.339 e. The summed E-state index contributed by atoms with van der Waals surface area (Å²) in [5.41, 5.74) is -4.55. The quantitative estimate of drug-likeness (QED) is 0.470. The van der Waals surface area contributed by atoms with Crippen molar-refractivity contribution in [2.24, 2.45) is 22.7 Å². The SMILES string of the molecule is CC1(C)O[C@@H]2CCC(=O)O[C@@]23[C@H]2CC[C@]4(C)[C@@H](c5ccoc5)OC(=O)[C@@H]5O[C@@]54[C@]2(C)[C@H](O)C(=O)[C@@H]13. The van der Waals surface area contributed by atoms with Crippen molar-refractivity contribution in [1.29, 1.82) is 0 Å². The predicted octanol–water partition coefficient (Wildman–Crippen LogP) is 2.25. The van der Waals surface area contributed by atoms with Crippen LogP contribution in [-0.2, 0) is 33.3 Å². The van der Waals surface area contributed by atoms with Crippen molar-refractivity contribution in [2.45, 2.75) is 94.6 Å². The van der Waals surface area contributed by atoms with E-state index in [-0.39, 0.29) is 12.4 Å². The van der Waals surface area contributed by atoms with E-state index in [1.807, 2.05) is 27.7 Å². The van der Waals surface area contributed by atoms with Crippen LogP contribution in [0.1, 0.15) is 65.0 Å². The topological polar surface area (TPSA) is 125 Å². The van der Waals surface area contributed by atoms with E-state index in [9.17, 15) is 19.5 Å². The largest absolute Gasteiger partial charge is 0.472 e. The lowest BCUT2D eigenvalue weighted by Crippen LogP contribution is -2.78. The van der Waals surface area contributed by atoms with Crippen LogP contribution in [0, 0.1) is 22.7 Å². The molecule has 9 heteroatoms. The molecule has 0 bridgehead atoms. The summed E-state index contributed by atoms with van der Waals surface area (Å²) in [6.07, 6.45) is 1.39. The van der Waals surface area contributed by atoms with Crippen molar-refractivity contribution in [3.8, 4) is 0 Å². The van der Waals surface area contributed by atoms with Crippen LogP contribution in [-0.4, -0.2) is 57.9 Å². The van der Waals surface area contributed by atoms with Gasteiger partial charge in [0.25, 0.3) is 0 Å². The van der Waals surface area contributed by atoms with Gasteiger partial charge in [-0.3, -0.25) is 9.59 Å². The molecule has 0 amide bonds. The van der Waals surface area contributed by atoms with Crippen molar-refractivity contribution in [3.63, 3.8) is 0 Å². The van der Waals surface area contributed by atoms with E-state index in [2.05, 4.69) is 0 Å². The number of aliphatic hydroxyl groups excluding tert-OH is 1. The molecule has 0 aromatic carbocycles. The summed E-state index contributed by atoms with van der Waals surface area (Å²) in [6.45, 7) is 7.48. The molecule has 1 aromatic rings. The van der Waals surface area contributed by atoms with Gasteiger partial charge < -0.3 is 28.5 Å². The van der Waals surface area contributed by atoms with Gasteiger partial charge in [0.15, 0.2) is 17.5 Å². The Morgan fingerprint density at radius 3 is 2.51 bits per heavy atom. The molecule has 4 aliphatic heterocycles. The summed E-state index contributed by atoms with van der Waals surface area (Å²) in [4.78, 5) is 40.0. The van der Waals surface area contributed by atoms with Crippen molar-refractivity contribution < 1.29 is 42.9 Å². The number of carbonyl (C=O) groups is 3. The highest BCUT2D eigenvalue weighted by Gasteiger charge is 2.91. The van der Waals surface area contributed by atoms with E-state index in [0.29, 0.717) is 24.8 Å². The summed E-state index contributed by atoms with van der Waals surface area (Å²) in [5, 5.41) is 11.8. The molecule has 6 fully saturated rings. The van der Waals surface area contributed by atoms with E-state index in [0.717, 1.165) is 0 Å². The fourth-order valence-corrected chi connectivity index (χ4v) is 9.27. The fraction of sp³-hybridized carbons (Fsp3) is 0.731. The van der Waals surface area contributed by atoms with Gasteiger partial charge in [-0.15, -0.1) is 0 Å². The molecule has 0 unspecified atom stereocenters. The molecule has 2 saturated carbocycles. The first-order valence-corrected chi connectivity index (χ1v) is 12.5. The number of ketones is 1. The minimum Gasteiger partial charge on any atom is -0.472 e. The maximum atomic E-state index is 14.1. The number of epoxide rings is 1. The third kappa shape index (κ3) is 2.14. The van der Waals surface area contributed by atoms with Crippen LogP contribution >= 0.6 is 0 Å². The highest BCUT2D eigenvalue weighted by Crippen LogP contribution is 2.79. The first kappa shape index (κ1) is 22.0. The van der Waals surface area contributed by atoms with Crippen LogP contribution in [0.15, 0.2) is 23.0 Å². The third-order valence-electron chi connectivity index (χ3n) is 10.5. The fourth-order valence-electron chi connectivity index (χ4n) is 9.27. The number of furan rings is 1. The van der Waals surface area contributed by atoms with Crippen molar-refractivity contribution in [2.75, 3.05) is 0 Å². The molecule has 4 saturated heterocycles. The molecule has 5 heterocycles. The Balaban J connectivity index is 1.44. The average Bonchev–Trinajstić information content (AvgIpc) is 3.26. The normalized spacial score (nSPS) is 53.3. The van der Waals surface area contributed by atoms with Gasteiger partial charge in [-0.05, 0) is 39.2 Å². The Morgan fingerprint density at radius 1 is 1.03 bits per heavy atom. The Labute approximate surface area is 202 Å². The summed E-state index contributed by atoms with van der Waals surface area (Å²) < 4.78 is 30.1. The van der Waals surface area contributed by atoms with E-state index in [4.69, 9.17) is 23.4 Å². The zero-order valence-electron chi connectivity index (χ0n) is 20.2. The number of Topliss-reactive ketones (excluding diaryl/α,β-unsaturated/α-hetero) is 1. The van der Waals surface area contributed by atoms with Crippen LogP contribution in [0.2, 0.25) is 0 Å². The number of fused-ring (bicyclic) bond motifs is 1. The number of cyclic esters (lactones) is 1. The Bertz CT molecular complexity index is 1160. The molecular formula is C26H30O9. The molecule has 2 spiro atoms. The molecule has 7 rings (SSSR count). The predicted molar refractivity (Wildman–Crippen MR) is 116 cm³/mol. The second-order valence-electron chi connectivity index (χ2n) is 12.2. The van der Waals surface area contributed by atoms with Crippen LogP contribution < -0.4 is 0 Å². The summed E-state index contributed by atoms with van der Waals surface area (Å²) in [5.74, 6) is -2.56. The van der Waals surface area contributed by atoms with Gasteiger partial charge in [-0.1, -0.05) is 13.8 Å². The molecular weight excluding hydrogens is 456 g/mol. The maximum absolute atomic E-state index is 14.1. The molecule has 35 heavy (non-hydrogen) atoms. The van der Waals surface area contributed by atoms with Crippen LogP contribution in [0.5, 0.6) is 0 Å². The summed E-state index contributed by atoms with van der Waals surface area (Å²) >= 11 is 0. The number of rotatable bonds is 1. The Morgan fingerprint density at radius 2 is 1.80 bits per heavy atom. The van der Waals surface area contributed by atoms with Crippen LogP contribution in [0.3, 0.4) is 0 Å². The molecule has 1 aromatic heterocycles. The number of hydrogen-bond donors (Lipinski definition) is 1. The Hall–Kier alpha value is -2.23. The lowest BCUT2D eigenvalue weighted by Gasteiger charge is -2.66. The number of carbonyl (C=O) groups excluding carboxylic acids is 3. The van der Waals surface area contributed by atoms with E-state index in [1.165, 1.54) is 6.26 Å². The molecule has 6 aliphatic rings. The number of hydrogen-bond acceptors (Lipinski definition) is 9. The molecule has 1 N–H and O–H groups in total. The summed E-state index contributed by atoms with van der Waals surface area (Å²) in [7, 11) is 0. The van der Waals surface area contributed by atoms with Gasteiger partial charge >= 0.3 is 11.9 Å². The second-order valence-corrected chi connectivity index (χ2v) is 12.2. The van der Waals surface area contributed by atoms with Gasteiger partial charge in [0.05, 0.1) is 30.1 Å². The number of esters is 2. The zero-order valence-corrected chi connectivity index (χ0v) is 20.2. The lowest BCUT2D eigenvalue weighted by atomic mass is 9.39.